The average molecular weight is 562 g/mol. The fourth-order valence-electron chi connectivity index (χ4n) is 4.34. The monoisotopic (exact) mass is 561 g/mol. The lowest BCUT2D eigenvalue weighted by Crippen LogP contribution is -2.44. The summed E-state index contributed by atoms with van der Waals surface area (Å²) in [5.74, 6) is 8.82. The minimum atomic E-state index is 0.136. The van der Waals surface area contributed by atoms with Gasteiger partial charge in [0.25, 0.3) is 0 Å². The molecule has 41 heavy (non-hydrogen) atoms. The maximum absolute atomic E-state index is 6.40. The van der Waals surface area contributed by atoms with Crippen molar-refractivity contribution in [1.29, 1.82) is 0 Å². The highest BCUT2D eigenvalue weighted by Crippen LogP contribution is 2.35. The van der Waals surface area contributed by atoms with Gasteiger partial charge in [-0.15, -0.1) is 0 Å². The van der Waals surface area contributed by atoms with Crippen LogP contribution in [0.1, 0.15) is 63.5 Å². The van der Waals surface area contributed by atoms with Gasteiger partial charge in [-0.1, -0.05) is 62.5 Å². The second kappa shape index (κ2) is 15.7. The van der Waals surface area contributed by atoms with Crippen LogP contribution in [0.25, 0.3) is 0 Å². The number of likely N-dealkylation sites (N-methyl/N-ethyl adjacent to an activating group) is 1. The summed E-state index contributed by atoms with van der Waals surface area (Å²) in [5, 5.41) is 14.4. The molecule has 0 spiro atoms. The van der Waals surface area contributed by atoms with Gasteiger partial charge >= 0.3 is 0 Å². The molecular formula is C31H47N9O. The summed E-state index contributed by atoms with van der Waals surface area (Å²) < 4.78 is 5.46. The molecule has 3 rings (SSSR count). The zero-order valence-electron chi connectivity index (χ0n) is 24.9. The first-order chi connectivity index (χ1) is 19.7. The summed E-state index contributed by atoms with van der Waals surface area (Å²) in [5.41, 5.74) is 12.8. The topological polar surface area (TPSA) is 142 Å². The minimum Gasteiger partial charge on any atom is -0.384 e. The Morgan fingerprint density at radius 3 is 2.51 bits per heavy atom. The van der Waals surface area contributed by atoms with Crippen molar-refractivity contribution in [3.05, 3.63) is 102 Å². The molecule has 10 nitrogen and oxygen atoms in total. The SMILES string of the molecule is C=C(/C=C(\NN)C1CC1)N=C(N)C=C(NC(=C)NCc1cc(C(C)C)no1)N(CC)[C@H](C)CNCc1ccccc1. The number of benzene rings is 1. The molecule has 10 heteroatoms. The quantitative estimate of drug-likeness (QED) is 0.0525. The van der Waals surface area contributed by atoms with E-state index in [9.17, 15) is 0 Å². The molecule has 1 atom stereocenters. The van der Waals surface area contributed by atoms with E-state index in [4.69, 9.17) is 16.1 Å². The largest absolute Gasteiger partial charge is 0.384 e. The normalized spacial score (nSPS) is 15.0. The lowest BCUT2D eigenvalue weighted by Gasteiger charge is -2.33. The summed E-state index contributed by atoms with van der Waals surface area (Å²) in [7, 11) is 0. The van der Waals surface area contributed by atoms with Crippen LogP contribution in [-0.4, -0.2) is 35.0 Å². The molecule has 0 aliphatic heterocycles. The van der Waals surface area contributed by atoms with E-state index in [1.165, 1.54) is 5.56 Å². The van der Waals surface area contributed by atoms with Crippen molar-refractivity contribution in [1.82, 2.24) is 31.4 Å². The van der Waals surface area contributed by atoms with Gasteiger partial charge in [0.15, 0.2) is 5.76 Å². The molecule has 222 valence electrons. The third-order valence-corrected chi connectivity index (χ3v) is 6.78. The predicted octanol–water partition coefficient (Wildman–Crippen LogP) is 3.92. The second-order valence-corrected chi connectivity index (χ2v) is 10.7. The van der Waals surface area contributed by atoms with Gasteiger partial charge in [-0.3, -0.25) is 5.84 Å². The van der Waals surface area contributed by atoms with Gasteiger partial charge in [-0.25, -0.2) is 4.99 Å². The van der Waals surface area contributed by atoms with Crippen LogP contribution in [0.2, 0.25) is 0 Å². The highest BCUT2D eigenvalue weighted by Gasteiger charge is 2.25. The number of aromatic nitrogens is 1. The van der Waals surface area contributed by atoms with E-state index in [1.54, 1.807) is 6.08 Å². The van der Waals surface area contributed by atoms with Gasteiger partial charge in [0.05, 0.1) is 23.8 Å². The zero-order chi connectivity index (χ0) is 29.8. The number of hydrogen-bond acceptors (Lipinski definition) is 9. The first kappa shape index (κ1) is 31.5. The Hall–Kier alpha value is -4.02. The van der Waals surface area contributed by atoms with E-state index < -0.39 is 0 Å². The molecule has 1 saturated carbocycles. The van der Waals surface area contributed by atoms with Gasteiger partial charge in [-0.2, -0.15) is 0 Å². The van der Waals surface area contributed by atoms with Crippen LogP contribution in [0.15, 0.2) is 94.3 Å². The Kier molecular flexibility index (Phi) is 12.1. The summed E-state index contributed by atoms with van der Waals surface area (Å²) in [4.78, 5) is 6.73. The molecule has 0 saturated heterocycles. The van der Waals surface area contributed by atoms with Gasteiger partial charge in [0.2, 0.25) is 0 Å². The Morgan fingerprint density at radius 2 is 1.90 bits per heavy atom. The number of nitrogens with one attached hydrogen (secondary N) is 4. The van der Waals surface area contributed by atoms with E-state index in [-0.39, 0.29) is 6.04 Å². The van der Waals surface area contributed by atoms with Crippen molar-refractivity contribution < 1.29 is 4.52 Å². The van der Waals surface area contributed by atoms with Gasteiger partial charge in [-0.05, 0) is 44.2 Å². The van der Waals surface area contributed by atoms with E-state index in [1.807, 2.05) is 30.3 Å². The Balaban J connectivity index is 1.73. The van der Waals surface area contributed by atoms with Gasteiger partial charge < -0.3 is 36.5 Å². The molecule has 1 fully saturated rings. The van der Waals surface area contributed by atoms with Crippen LogP contribution < -0.4 is 33.0 Å². The molecule has 1 aromatic carbocycles. The second-order valence-electron chi connectivity index (χ2n) is 10.7. The van der Waals surface area contributed by atoms with E-state index >= 15 is 0 Å². The van der Waals surface area contributed by atoms with Crippen molar-refractivity contribution in [3.8, 4) is 0 Å². The molecule has 0 bridgehead atoms. The molecule has 2 aromatic rings. The van der Waals surface area contributed by atoms with Crippen molar-refractivity contribution >= 4 is 5.84 Å². The Morgan fingerprint density at radius 1 is 1.17 bits per heavy atom. The lowest BCUT2D eigenvalue weighted by atomic mass is 10.1. The number of nitrogens with two attached hydrogens (primary N) is 2. The summed E-state index contributed by atoms with van der Waals surface area (Å²) in [6.07, 6.45) is 5.88. The van der Waals surface area contributed by atoms with Gasteiger partial charge in [0.1, 0.15) is 11.7 Å². The third-order valence-electron chi connectivity index (χ3n) is 6.78. The first-order valence-electron chi connectivity index (χ1n) is 14.3. The smallest absolute Gasteiger partial charge is 0.156 e. The molecule has 1 heterocycles. The maximum atomic E-state index is 6.40. The van der Waals surface area contributed by atoms with E-state index in [0.29, 0.717) is 35.7 Å². The Bertz CT molecular complexity index is 1230. The number of rotatable bonds is 18. The molecular weight excluding hydrogens is 514 g/mol. The van der Waals surface area contributed by atoms with Crippen LogP contribution in [0.5, 0.6) is 0 Å². The number of allylic oxidation sites excluding steroid dienone is 2. The van der Waals surface area contributed by atoms with Crippen molar-refractivity contribution in [2.45, 2.75) is 65.6 Å². The number of aliphatic imine (C=N–C) groups is 1. The Labute approximate surface area is 244 Å². The number of amidine groups is 1. The zero-order valence-corrected chi connectivity index (χ0v) is 24.9. The molecule has 8 N–H and O–H groups in total. The molecule has 1 aliphatic rings. The van der Waals surface area contributed by atoms with Crippen LogP contribution in [0, 0.1) is 5.92 Å². The van der Waals surface area contributed by atoms with Crippen molar-refractivity contribution in [2.75, 3.05) is 13.1 Å². The molecule has 0 radical (unpaired) electrons. The van der Waals surface area contributed by atoms with E-state index in [0.717, 1.165) is 55.4 Å². The predicted molar refractivity (Wildman–Crippen MR) is 167 cm³/mol. The van der Waals surface area contributed by atoms with Crippen LogP contribution in [0.4, 0.5) is 0 Å². The highest BCUT2D eigenvalue weighted by atomic mass is 16.5. The summed E-state index contributed by atoms with van der Waals surface area (Å²) >= 11 is 0. The lowest BCUT2D eigenvalue weighted by molar-refractivity contribution is 0.257. The maximum Gasteiger partial charge on any atom is 0.156 e. The highest BCUT2D eigenvalue weighted by molar-refractivity contribution is 5.92. The summed E-state index contributed by atoms with van der Waals surface area (Å²) in [6, 6.07) is 12.4. The fraction of sp³-hybridized carbons (Fsp3) is 0.419. The standard InChI is InChI=1S/C31H47N9O/c1-7-40(23(5)18-34-19-25-11-9-8-10-12-25)31(17-30(32)36-22(4)15-29(38-33)26-13-14-26)37-24(6)35-20-27-16-28(21(2)3)39-41-27/h8-12,15-17,21,23,26,34-35,37-38H,4,6-7,13-14,18-20,33H2,1-3,5H3,(H2,32,36)/b29-15-,31-17?/t23-/m1/s1. The van der Waals surface area contributed by atoms with Crippen LogP contribution in [0.3, 0.4) is 0 Å². The first-order valence-corrected chi connectivity index (χ1v) is 14.3. The van der Waals surface area contributed by atoms with E-state index in [2.05, 4.69) is 89.4 Å². The van der Waals surface area contributed by atoms with Crippen molar-refractivity contribution in [2.24, 2.45) is 22.5 Å². The number of hydrogen-bond donors (Lipinski definition) is 6. The van der Waals surface area contributed by atoms with Crippen LogP contribution >= 0.6 is 0 Å². The minimum absolute atomic E-state index is 0.136. The molecule has 1 aliphatic carbocycles. The van der Waals surface area contributed by atoms with Crippen molar-refractivity contribution in [3.63, 3.8) is 0 Å². The molecule has 0 amide bonds. The number of hydrazine groups is 1. The summed E-state index contributed by atoms with van der Waals surface area (Å²) in [6.45, 7) is 19.4. The average Bonchev–Trinajstić information content (AvgIpc) is 3.67. The fourth-order valence-corrected chi connectivity index (χ4v) is 4.34. The number of nitrogens with zero attached hydrogens (tertiary/aromatic N) is 3. The third kappa shape index (κ3) is 10.5. The molecule has 0 unspecified atom stereocenters. The molecule has 1 aromatic heterocycles. The van der Waals surface area contributed by atoms with Crippen LogP contribution in [-0.2, 0) is 13.1 Å². The van der Waals surface area contributed by atoms with Gasteiger partial charge in [0, 0.05) is 49.4 Å².